The molecule has 0 saturated carbocycles. The number of piperazine rings is 1. The lowest BCUT2D eigenvalue weighted by Gasteiger charge is -2.39. The Kier molecular flexibility index (Phi) is 8.64. The van der Waals surface area contributed by atoms with Crippen LogP contribution >= 0.6 is 24.8 Å². The quantitative estimate of drug-likeness (QED) is 0.853. The monoisotopic (exact) mass is 389 g/mol. The molecule has 2 saturated heterocycles. The second kappa shape index (κ2) is 9.74. The number of nitrogens with zero attached hydrogens (tertiary/aromatic N) is 2. The molecule has 0 radical (unpaired) electrons. The number of carbonyl (C=O) groups is 1. The molecule has 2 atom stereocenters. The maximum atomic E-state index is 12.8. The van der Waals surface area contributed by atoms with Crippen molar-refractivity contribution in [3.05, 3.63) is 35.9 Å². The van der Waals surface area contributed by atoms with Gasteiger partial charge in [-0.15, -0.1) is 24.8 Å². The van der Waals surface area contributed by atoms with E-state index in [-0.39, 0.29) is 30.7 Å². The molecule has 1 amide bonds. The van der Waals surface area contributed by atoms with E-state index in [1.807, 2.05) is 42.2 Å². The van der Waals surface area contributed by atoms with Crippen LogP contribution in [0.1, 0.15) is 18.9 Å². The molecule has 2 unspecified atom stereocenters. The van der Waals surface area contributed by atoms with Crippen LogP contribution in [0.2, 0.25) is 0 Å². The average Bonchev–Trinajstić information content (AvgIpc) is 3.09. The van der Waals surface area contributed by atoms with E-state index in [0.717, 1.165) is 57.9 Å². The summed E-state index contributed by atoms with van der Waals surface area (Å²) in [6, 6.07) is 9.64. The number of amides is 1. The Bertz CT molecular complexity index is 528. The molecule has 0 aromatic heterocycles. The predicted octanol–water partition coefficient (Wildman–Crippen LogP) is 1.88. The number of nitrogens with two attached hydrogens (primary N) is 1. The van der Waals surface area contributed by atoms with Gasteiger partial charge in [-0.2, -0.15) is 0 Å². The number of halogens is 2. The lowest BCUT2D eigenvalue weighted by molar-refractivity contribution is -0.138. The summed E-state index contributed by atoms with van der Waals surface area (Å²) < 4.78 is 5.44. The van der Waals surface area contributed by atoms with Crippen molar-refractivity contribution < 1.29 is 9.53 Å². The molecule has 2 fully saturated rings. The molecule has 1 aromatic rings. The SMILES string of the molecule is CC(N)(C(=O)N1CCN(CC2CCOC2)CC1)c1ccccc1.Cl.Cl. The Morgan fingerprint density at radius 3 is 2.40 bits per heavy atom. The number of hydrogen-bond donors (Lipinski definition) is 1. The molecule has 2 heterocycles. The summed E-state index contributed by atoms with van der Waals surface area (Å²) in [5.74, 6) is 0.675. The predicted molar refractivity (Wildman–Crippen MR) is 104 cm³/mol. The number of benzene rings is 1. The topological polar surface area (TPSA) is 58.8 Å². The van der Waals surface area contributed by atoms with Gasteiger partial charge in [0, 0.05) is 39.3 Å². The largest absolute Gasteiger partial charge is 0.381 e. The average molecular weight is 390 g/mol. The zero-order valence-electron chi connectivity index (χ0n) is 14.7. The first-order valence-electron chi connectivity index (χ1n) is 8.51. The summed E-state index contributed by atoms with van der Waals surface area (Å²) in [5, 5.41) is 0. The maximum absolute atomic E-state index is 12.8. The highest BCUT2D eigenvalue weighted by Crippen LogP contribution is 2.22. The molecule has 142 valence electrons. The molecule has 2 aliphatic heterocycles. The van der Waals surface area contributed by atoms with Gasteiger partial charge in [-0.3, -0.25) is 9.69 Å². The molecular formula is C18H29Cl2N3O2. The number of rotatable bonds is 4. The molecule has 0 aliphatic carbocycles. The minimum atomic E-state index is -0.956. The van der Waals surface area contributed by atoms with Crippen LogP contribution < -0.4 is 5.73 Å². The van der Waals surface area contributed by atoms with Gasteiger partial charge in [-0.1, -0.05) is 30.3 Å². The van der Waals surface area contributed by atoms with Crippen LogP contribution in [0.25, 0.3) is 0 Å². The van der Waals surface area contributed by atoms with E-state index in [1.54, 1.807) is 0 Å². The van der Waals surface area contributed by atoms with Crippen LogP contribution in [0.5, 0.6) is 0 Å². The molecule has 25 heavy (non-hydrogen) atoms. The first-order chi connectivity index (χ1) is 11.1. The fourth-order valence-electron chi connectivity index (χ4n) is 3.46. The maximum Gasteiger partial charge on any atom is 0.247 e. The Balaban J connectivity index is 0.00000156. The van der Waals surface area contributed by atoms with Crippen LogP contribution in [0.15, 0.2) is 30.3 Å². The molecule has 5 nitrogen and oxygen atoms in total. The van der Waals surface area contributed by atoms with E-state index in [0.29, 0.717) is 5.92 Å². The Morgan fingerprint density at radius 2 is 1.84 bits per heavy atom. The van der Waals surface area contributed by atoms with Gasteiger partial charge in [-0.05, 0) is 24.8 Å². The van der Waals surface area contributed by atoms with Crippen molar-refractivity contribution in [2.45, 2.75) is 18.9 Å². The minimum absolute atomic E-state index is 0. The van der Waals surface area contributed by atoms with Crippen LogP contribution in [0, 0.1) is 5.92 Å². The van der Waals surface area contributed by atoms with E-state index in [2.05, 4.69) is 4.90 Å². The number of ether oxygens (including phenoxy) is 1. The molecule has 0 spiro atoms. The van der Waals surface area contributed by atoms with Gasteiger partial charge in [0.1, 0.15) is 5.54 Å². The highest BCUT2D eigenvalue weighted by Gasteiger charge is 2.36. The van der Waals surface area contributed by atoms with Crippen molar-refractivity contribution in [3.8, 4) is 0 Å². The van der Waals surface area contributed by atoms with Crippen molar-refractivity contribution in [1.82, 2.24) is 9.80 Å². The van der Waals surface area contributed by atoms with Crippen LogP contribution in [0.4, 0.5) is 0 Å². The van der Waals surface area contributed by atoms with Gasteiger partial charge in [0.25, 0.3) is 0 Å². The number of hydrogen-bond acceptors (Lipinski definition) is 4. The second-order valence-electron chi connectivity index (χ2n) is 6.89. The molecule has 1 aromatic carbocycles. The summed E-state index contributed by atoms with van der Waals surface area (Å²) >= 11 is 0. The first kappa shape index (κ1) is 22.2. The molecule has 7 heteroatoms. The van der Waals surface area contributed by atoms with Crippen LogP contribution in [-0.2, 0) is 15.1 Å². The van der Waals surface area contributed by atoms with Gasteiger partial charge < -0.3 is 15.4 Å². The fourth-order valence-corrected chi connectivity index (χ4v) is 3.46. The molecule has 2 N–H and O–H groups in total. The van der Waals surface area contributed by atoms with Crippen LogP contribution in [0.3, 0.4) is 0 Å². The Hall–Kier alpha value is -0.850. The first-order valence-corrected chi connectivity index (χ1v) is 8.51. The Morgan fingerprint density at radius 1 is 1.20 bits per heavy atom. The zero-order chi connectivity index (χ0) is 16.3. The third-order valence-corrected chi connectivity index (χ3v) is 5.02. The summed E-state index contributed by atoms with van der Waals surface area (Å²) in [7, 11) is 0. The Labute approximate surface area is 162 Å². The molecule has 3 rings (SSSR count). The van der Waals surface area contributed by atoms with Gasteiger partial charge in [0.05, 0.1) is 6.61 Å². The van der Waals surface area contributed by atoms with Crippen molar-refractivity contribution >= 4 is 30.7 Å². The van der Waals surface area contributed by atoms with Crippen molar-refractivity contribution in [1.29, 1.82) is 0 Å². The van der Waals surface area contributed by atoms with Crippen molar-refractivity contribution in [2.75, 3.05) is 45.9 Å². The standard InChI is InChI=1S/C18H27N3O2.2ClH/c1-18(19,16-5-3-2-4-6-16)17(22)21-10-8-20(9-11-21)13-15-7-12-23-14-15;;/h2-6,15H,7-14,19H2,1H3;2*1H. The highest BCUT2D eigenvalue weighted by atomic mass is 35.5. The normalized spacial score (nSPS) is 23.3. The van der Waals surface area contributed by atoms with Crippen molar-refractivity contribution in [3.63, 3.8) is 0 Å². The minimum Gasteiger partial charge on any atom is -0.381 e. The van der Waals surface area contributed by atoms with E-state index >= 15 is 0 Å². The fraction of sp³-hybridized carbons (Fsp3) is 0.611. The third-order valence-electron chi connectivity index (χ3n) is 5.02. The van der Waals surface area contributed by atoms with Gasteiger partial charge in [0.15, 0.2) is 0 Å². The van der Waals surface area contributed by atoms with Crippen LogP contribution in [-0.4, -0.2) is 61.6 Å². The smallest absolute Gasteiger partial charge is 0.247 e. The lowest BCUT2D eigenvalue weighted by atomic mass is 9.91. The zero-order valence-corrected chi connectivity index (χ0v) is 16.4. The van der Waals surface area contributed by atoms with E-state index in [4.69, 9.17) is 10.5 Å². The van der Waals surface area contributed by atoms with Gasteiger partial charge in [0.2, 0.25) is 5.91 Å². The molecule has 0 bridgehead atoms. The second-order valence-corrected chi connectivity index (χ2v) is 6.89. The summed E-state index contributed by atoms with van der Waals surface area (Å²) in [6.07, 6.45) is 1.16. The van der Waals surface area contributed by atoms with E-state index < -0.39 is 5.54 Å². The lowest BCUT2D eigenvalue weighted by Crippen LogP contribution is -2.57. The van der Waals surface area contributed by atoms with Gasteiger partial charge >= 0.3 is 0 Å². The highest BCUT2D eigenvalue weighted by molar-refractivity contribution is 5.87. The molecular weight excluding hydrogens is 361 g/mol. The van der Waals surface area contributed by atoms with Gasteiger partial charge in [-0.25, -0.2) is 0 Å². The summed E-state index contributed by atoms with van der Waals surface area (Å²) in [6.45, 7) is 8.03. The summed E-state index contributed by atoms with van der Waals surface area (Å²) in [5.41, 5.74) is 6.27. The third kappa shape index (κ3) is 5.31. The molecule has 2 aliphatic rings. The van der Waals surface area contributed by atoms with E-state index in [1.165, 1.54) is 0 Å². The van der Waals surface area contributed by atoms with E-state index in [9.17, 15) is 4.79 Å². The van der Waals surface area contributed by atoms with Crippen molar-refractivity contribution in [2.24, 2.45) is 11.7 Å². The number of carbonyl (C=O) groups excluding carboxylic acids is 1. The summed E-state index contributed by atoms with van der Waals surface area (Å²) in [4.78, 5) is 17.2.